The number of aliphatic hydroxyl groups is 1. The summed E-state index contributed by atoms with van der Waals surface area (Å²) in [6.07, 6.45) is 7.61. The minimum atomic E-state index is -0.190. The van der Waals surface area contributed by atoms with Crippen LogP contribution in [0, 0.1) is 0 Å². The molecule has 1 aromatic rings. The zero-order valence-electron chi connectivity index (χ0n) is 15.3. The fourth-order valence-corrected chi connectivity index (χ4v) is 3.59. The van der Waals surface area contributed by atoms with Crippen molar-refractivity contribution in [2.75, 3.05) is 44.2 Å². The molecule has 0 aromatic carbocycles. The number of anilines is 1. The molecule has 2 amide bonds. The monoisotopic (exact) mass is 362 g/mol. The van der Waals surface area contributed by atoms with Crippen molar-refractivity contribution in [1.82, 2.24) is 25.5 Å². The third kappa shape index (κ3) is 5.81. The molecule has 2 aliphatic rings. The highest BCUT2D eigenvalue weighted by atomic mass is 16.3. The first-order chi connectivity index (χ1) is 12.7. The molecule has 8 heteroatoms. The summed E-state index contributed by atoms with van der Waals surface area (Å²) in [5, 5.41) is 15.4. The first-order valence-electron chi connectivity index (χ1n) is 9.67. The largest absolute Gasteiger partial charge is 0.393 e. The zero-order chi connectivity index (χ0) is 18.2. The van der Waals surface area contributed by atoms with Crippen molar-refractivity contribution in [2.24, 2.45) is 0 Å². The maximum absolute atomic E-state index is 11.9. The lowest BCUT2D eigenvalue weighted by Crippen LogP contribution is -2.48. The molecule has 0 unspecified atom stereocenters. The van der Waals surface area contributed by atoms with Crippen LogP contribution in [0.5, 0.6) is 0 Å². The highest BCUT2D eigenvalue weighted by molar-refractivity contribution is 5.74. The number of urea groups is 1. The van der Waals surface area contributed by atoms with Crippen LogP contribution in [-0.2, 0) is 0 Å². The van der Waals surface area contributed by atoms with E-state index in [1.807, 2.05) is 6.07 Å². The average Bonchev–Trinajstić information content (AvgIpc) is 2.68. The molecule has 1 aliphatic heterocycles. The number of hydrogen-bond donors (Lipinski definition) is 3. The molecule has 8 nitrogen and oxygen atoms in total. The normalized spacial score (nSPS) is 24.3. The molecule has 1 saturated carbocycles. The van der Waals surface area contributed by atoms with Gasteiger partial charge in [0.25, 0.3) is 0 Å². The number of carbonyl (C=O) groups excluding carboxylic acids is 1. The van der Waals surface area contributed by atoms with Gasteiger partial charge in [-0.25, -0.2) is 14.8 Å². The molecule has 1 saturated heterocycles. The van der Waals surface area contributed by atoms with Gasteiger partial charge in [0.15, 0.2) is 0 Å². The molecule has 26 heavy (non-hydrogen) atoms. The van der Waals surface area contributed by atoms with Gasteiger partial charge in [-0.3, -0.25) is 4.90 Å². The Kier molecular flexibility index (Phi) is 7.02. The van der Waals surface area contributed by atoms with E-state index in [-0.39, 0.29) is 18.2 Å². The number of nitrogens with one attached hydrogen (secondary N) is 2. The number of hydrogen-bond acceptors (Lipinski definition) is 6. The SMILES string of the molecule is O=C(NCCCN1CCN(c2ncccn2)CC1)NC1CCC(O)CC1. The van der Waals surface area contributed by atoms with Crippen molar-refractivity contribution in [3.63, 3.8) is 0 Å². The first-order valence-corrected chi connectivity index (χ1v) is 9.67. The molecule has 0 atom stereocenters. The summed E-state index contributed by atoms with van der Waals surface area (Å²) in [5.74, 6) is 0.806. The fourth-order valence-electron chi connectivity index (χ4n) is 3.59. The second-order valence-electron chi connectivity index (χ2n) is 7.14. The number of amides is 2. The topological polar surface area (TPSA) is 93.6 Å². The summed E-state index contributed by atoms with van der Waals surface area (Å²) < 4.78 is 0. The Balaban J connectivity index is 1.25. The Morgan fingerprint density at radius 3 is 2.50 bits per heavy atom. The summed E-state index contributed by atoms with van der Waals surface area (Å²) >= 11 is 0. The van der Waals surface area contributed by atoms with Crippen molar-refractivity contribution in [3.05, 3.63) is 18.5 Å². The van der Waals surface area contributed by atoms with E-state index in [9.17, 15) is 9.90 Å². The lowest BCUT2D eigenvalue weighted by atomic mass is 9.93. The Morgan fingerprint density at radius 2 is 1.81 bits per heavy atom. The maximum atomic E-state index is 11.9. The van der Waals surface area contributed by atoms with E-state index in [0.717, 1.165) is 70.8 Å². The van der Waals surface area contributed by atoms with E-state index < -0.39 is 0 Å². The summed E-state index contributed by atoms with van der Waals surface area (Å²) in [7, 11) is 0. The minimum absolute atomic E-state index is 0.0857. The fraction of sp³-hybridized carbons (Fsp3) is 0.722. The molecule has 3 rings (SSSR count). The van der Waals surface area contributed by atoms with Crippen LogP contribution in [0.15, 0.2) is 18.5 Å². The summed E-state index contributed by atoms with van der Waals surface area (Å²) in [6, 6.07) is 1.95. The van der Waals surface area contributed by atoms with Gasteiger partial charge in [-0.15, -0.1) is 0 Å². The van der Waals surface area contributed by atoms with Crippen molar-refractivity contribution in [1.29, 1.82) is 0 Å². The molecular weight excluding hydrogens is 332 g/mol. The average molecular weight is 362 g/mol. The lowest BCUT2D eigenvalue weighted by molar-refractivity contribution is 0.117. The van der Waals surface area contributed by atoms with E-state index in [1.54, 1.807) is 12.4 Å². The third-order valence-electron chi connectivity index (χ3n) is 5.18. The van der Waals surface area contributed by atoms with Crippen LogP contribution >= 0.6 is 0 Å². The van der Waals surface area contributed by atoms with Gasteiger partial charge in [0.2, 0.25) is 5.95 Å². The van der Waals surface area contributed by atoms with Gasteiger partial charge in [0.1, 0.15) is 0 Å². The first kappa shape index (κ1) is 18.8. The van der Waals surface area contributed by atoms with Crippen LogP contribution in [0.1, 0.15) is 32.1 Å². The molecule has 1 aromatic heterocycles. The molecule has 2 fully saturated rings. The number of aromatic nitrogens is 2. The van der Waals surface area contributed by atoms with Crippen LogP contribution in [-0.4, -0.2) is 77.4 Å². The highest BCUT2D eigenvalue weighted by Crippen LogP contribution is 2.18. The van der Waals surface area contributed by atoms with Gasteiger partial charge in [0, 0.05) is 51.2 Å². The molecule has 1 aliphatic carbocycles. The van der Waals surface area contributed by atoms with E-state index in [1.165, 1.54) is 0 Å². The van der Waals surface area contributed by atoms with Crippen LogP contribution < -0.4 is 15.5 Å². The Labute approximate surface area is 155 Å². The molecule has 0 bridgehead atoms. The standard InChI is InChI=1S/C18H30N6O2/c25-16-5-3-15(4-6-16)22-18(26)21-9-2-10-23-11-13-24(14-12-23)17-19-7-1-8-20-17/h1,7-8,15-16,25H,2-6,9-14H2,(H2,21,22,26). The van der Waals surface area contributed by atoms with E-state index >= 15 is 0 Å². The van der Waals surface area contributed by atoms with Crippen molar-refractivity contribution in [2.45, 2.75) is 44.2 Å². The predicted molar refractivity (Wildman–Crippen MR) is 100 cm³/mol. The van der Waals surface area contributed by atoms with Crippen LogP contribution in [0.4, 0.5) is 10.7 Å². The van der Waals surface area contributed by atoms with E-state index in [4.69, 9.17) is 0 Å². The van der Waals surface area contributed by atoms with Gasteiger partial charge in [-0.1, -0.05) is 0 Å². The van der Waals surface area contributed by atoms with Crippen LogP contribution in [0.3, 0.4) is 0 Å². The lowest BCUT2D eigenvalue weighted by Gasteiger charge is -2.34. The number of rotatable bonds is 6. The van der Waals surface area contributed by atoms with E-state index in [0.29, 0.717) is 6.54 Å². The van der Waals surface area contributed by atoms with Gasteiger partial charge in [-0.05, 0) is 44.7 Å². The Morgan fingerprint density at radius 1 is 1.12 bits per heavy atom. The quantitative estimate of drug-likeness (QED) is 0.642. The van der Waals surface area contributed by atoms with Crippen LogP contribution in [0.2, 0.25) is 0 Å². The van der Waals surface area contributed by atoms with Crippen molar-refractivity contribution in [3.8, 4) is 0 Å². The molecule has 0 spiro atoms. The molecule has 0 radical (unpaired) electrons. The van der Waals surface area contributed by atoms with E-state index in [2.05, 4.69) is 30.4 Å². The van der Waals surface area contributed by atoms with Crippen LogP contribution in [0.25, 0.3) is 0 Å². The molecule has 3 N–H and O–H groups in total. The minimum Gasteiger partial charge on any atom is -0.393 e. The smallest absolute Gasteiger partial charge is 0.315 e. The number of carbonyl (C=O) groups is 1. The van der Waals surface area contributed by atoms with Gasteiger partial charge in [-0.2, -0.15) is 0 Å². The highest BCUT2D eigenvalue weighted by Gasteiger charge is 2.21. The molecule has 2 heterocycles. The third-order valence-corrected chi connectivity index (χ3v) is 5.18. The van der Waals surface area contributed by atoms with Crippen molar-refractivity contribution < 1.29 is 9.90 Å². The maximum Gasteiger partial charge on any atom is 0.315 e. The number of nitrogens with zero attached hydrogens (tertiary/aromatic N) is 4. The Bertz CT molecular complexity index is 542. The second-order valence-corrected chi connectivity index (χ2v) is 7.14. The summed E-state index contributed by atoms with van der Waals surface area (Å²) in [6.45, 7) is 5.53. The number of piperazine rings is 1. The Hall–Kier alpha value is -1.93. The summed E-state index contributed by atoms with van der Waals surface area (Å²) in [4.78, 5) is 25.2. The predicted octanol–water partition coefficient (Wildman–Crippen LogP) is 0.591. The van der Waals surface area contributed by atoms with Gasteiger partial charge >= 0.3 is 6.03 Å². The molecule has 144 valence electrons. The molecular formula is C18H30N6O2. The summed E-state index contributed by atoms with van der Waals surface area (Å²) in [5.41, 5.74) is 0. The zero-order valence-corrected chi connectivity index (χ0v) is 15.3. The van der Waals surface area contributed by atoms with Gasteiger partial charge in [0.05, 0.1) is 6.10 Å². The van der Waals surface area contributed by atoms with Gasteiger partial charge < -0.3 is 20.6 Å². The number of aliphatic hydroxyl groups excluding tert-OH is 1. The second kappa shape index (κ2) is 9.68. The van der Waals surface area contributed by atoms with Crippen molar-refractivity contribution >= 4 is 12.0 Å².